The van der Waals surface area contributed by atoms with E-state index in [1.807, 2.05) is 12.1 Å². The van der Waals surface area contributed by atoms with Gasteiger partial charge < -0.3 is 0 Å². The van der Waals surface area contributed by atoms with Gasteiger partial charge in [-0.3, -0.25) is 9.48 Å². The summed E-state index contributed by atoms with van der Waals surface area (Å²) in [6.45, 7) is 2.12. The van der Waals surface area contributed by atoms with Gasteiger partial charge >= 0.3 is 0 Å². The van der Waals surface area contributed by atoms with E-state index in [1.165, 1.54) is 5.56 Å². The molecule has 3 nitrogen and oxygen atoms in total. The van der Waals surface area contributed by atoms with Crippen molar-refractivity contribution in [2.24, 2.45) is 7.05 Å². The van der Waals surface area contributed by atoms with Crippen LogP contribution in [0, 0.1) is 0 Å². The van der Waals surface area contributed by atoms with E-state index in [4.69, 9.17) is 0 Å². The summed E-state index contributed by atoms with van der Waals surface area (Å²) in [7, 11) is 1.79. The molecule has 0 bridgehead atoms. The molecule has 0 N–H and O–H groups in total. The van der Waals surface area contributed by atoms with Gasteiger partial charge in [-0.15, -0.1) is 0 Å². The molecule has 0 saturated heterocycles. The smallest absolute Gasteiger partial charge is 0.185 e. The zero-order valence-corrected chi connectivity index (χ0v) is 10.2. The van der Waals surface area contributed by atoms with Crippen molar-refractivity contribution >= 4 is 5.78 Å². The third-order valence-corrected chi connectivity index (χ3v) is 2.90. The SMILES string of the molecule is CCc1ccc(CC(=O)c2ccnn2C)cc1. The van der Waals surface area contributed by atoms with Crippen molar-refractivity contribution < 1.29 is 4.79 Å². The predicted molar refractivity (Wildman–Crippen MR) is 67.1 cm³/mol. The second-order valence-corrected chi connectivity index (χ2v) is 4.11. The molecule has 0 fully saturated rings. The lowest BCUT2D eigenvalue weighted by molar-refractivity contribution is 0.0984. The Morgan fingerprint density at radius 1 is 1.18 bits per heavy atom. The quantitative estimate of drug-likeness (QED) is 0.753. The number of nitrogens with zero attached hydrogens (tertiary/aromatic N) is 2. The minimum Gasteiger partial charge on any atom is -0.292 e. The summed E-state index contributed by atoms with van der Waals surface area (Å²) in [5, 5.41) is 4.00. The van der Waals surface area contributed by atoms with Crippen molar-refractivity contribution in [3.8, 4) is 0 Å². The fourth-order valence-corrected chi connectivity index (χ4v) is 1.82. The van der Waals surface area contributed by atoms with Crippen molar-refractivity contribution in [2.75, 3.05) is 0 Å². The van der Waals surface area contributed by atoms with E-state index in [-0.39, 0.29) is 5.78 Å². The van der Waals surface area contributed by atoms with Crippen LogP contribution in [0.2, 0.25) is 0 Å². The largest absolute Gasteiger partial charge is 0.292 e. The summed E-state index contributed by atoms with van der Waals surface area (Å²) in [4.78, 5) is 12.0. The molecule has 17 heavy (non-hydrogen) atoms. The number of carbonyl (C=O) groups is 1. The third kappa shape index (κ3) is 2.61. The highest BCUT2D eigenvalue weighted by molar-refractivity contribution is 5.95. The molecule has 1 aromatic carbocycles. The first-order chi connectivity index (χ1) is 8.20. The van der Waals surface area contributed by atoms with Crippen LogP contribution >= 0.6 is 0 Å². The predicted octanol–water partition coefficient (Wildman–Crippen LogP) is 2.41. The summed E-state index contributed by atoms with van der Waals surface area (Å²) in [5.74, 6) is 0.106. The van der Waals surface area contributed by atoms with Crippen LogP contribution in [0.5, 0.6) is 0 Å². The van der Waals surface area contributed by atoms with Gasteiger partial charge in [0.25, 0.3) is 0 Å². The Morgan fingerprint density at radius 3 is 2.35 bits per heavy atom. The number of benzene rings is 1. The molecule has 0 amide bonds. The molecule has 0 aliphatic carbocycles. The highest BCUT2D eigenvalue weighted by Crippen LogP contribution is 2.09. The third-order valence-electron chi connectivity index (χ3n) is 2.90. The molecule has 3 heteroatoms. The molecular formula is C14H16N2O. The van der Waals surface area contributed by atoms with Gasteiger partial charge in [0.1, 0.15) is 5.69 Å². The lowest BCUT2D eigenvalue weighted by Crippen LogP contribution is -2.09. The molecule has 0 aliphatic rings. The van der Waals surface area contributed by atoms with Crippen LogP contribution in [-0.4, -0.2) is 15.6 Å². The van der Waals surface area contributed by atoms with Crippen LogP contribution in [-0.2, 0) is 19.9 Å². The Hall–Kier alpha value is -1.90. The number of Topliss-reactive ketones (excluding diaryl/α,β-unsaturated/α-hetero) is 1. The Kier molecular flexibility index (Phi) is 3.38. The number of aryl methyl sites for hydroxylation is 2. The molecule has 0 unspecified atom stereocenters. The minimum absolute atomic E-state index is 0.106. The minimum atomic E-state index is 0.106. The molecule has 2 rings (SSSR count). The summed E-state index contributed by atoms with van der Waals surface area (Å²) in [6, 6.07) is 9.95. The second kappa shape index (κ2) is 4.95. The standard InChI is InChI=1S/C14H16N2O/c1-3-11-4-6-12(7-5-11)10-14(17)13-8-9-15-16(13)2/h4-9H,3,10H2,1-2H3. The van der Waals surface area contributed by atoms with Gasteiger partial charge in [0.15, 0.2) is 5.78 Å². The molecular weight excluding hydrogens is 212 g/mol. The normalized spacial score (nSPS) is 10.5. The lowest BCUT2D eigenvalue weighted by atomic mass is 10.0. The van der Waals surface area contributed by atoms with Crippen LogP contribution in [0.15, 0.2) is 36.5 Å². The topological polar surface area (TPSA) is 34.9 Å². The van der Waals surface area contributed by atoms with Gasteiger partial charge in [-0.05, 0) is 23.6 Å². The van der Waals surface area contributed by atoms with Gasteiger partial charge in [0.2, 0.25) is 0 Å². The van der Waals surface area contributed by atoms with Crippen LogP contribution in [0.4, 0.5) is 0 Å². The monoisotopic (exact) mass is 228 g/mol. The van der Waals surface area contributed by atoms with Gasteiger partial charge in [0, 0.05) is 19.7 Å². The van der Waals surface area contributed by atoms with Gasteiger partial charge in [-0.25, -0.2) is 0 Å². The highest BCUT2D eigenvalue weighted by Gasteiger charge is 2.10. The van der Waals surface area contributed by atoms with Crippen molar-refractivity contribution in [2.45, 2.75) is 19.8 Å². The van der Waals surface area contributed by atoms with E-state index in [0.29, 0.717) is 12.1 Å². The van der Waals surface area contributed by atoms with E-state index >= 15 is 0 Å². The Labute approximate surface area is 101 Å². The summed E-state index contributed by atoms with van der Waals surface area (Å²) >= 11 is 0. The molecule has 0 saturated carbocycles. The maximum Gasteiger partial charge on any atom is 0.185 e. The van der Waals surface area contributed by atoms with Crippen LogP contribution in [0.1, 0.15) is 28.5 Å². The fraction of sp³-hybridized carbons (Fsp3) is 0.286. The van der Waals surface area contributed by atoms with Crippen molar-refractivity contribution in [3.63, 3.8) is 0 Å². The number of ketones is 1. The van der Waals surface area contributed by atoms with Crippen molar-refractivity contribution in [3.05, 3.63) is 53.3 Å². The summed E-state index contributed by atoms with van der Waals surface area (Å²) in [6.07, 6.45) is 3.10. The first-order valence-corrected chi connectivity index (χ1v) is 5.79. The van der Waals surface area contributed by atoms with Crippen molar-refractivity contribution in [1.29, 1.82) is 0 Å². The summed E-state index contributed by atoms with van der Waals surface area (Å²) < 4.78 is 1.61. The number of hydrogen-bond donors (Lipinski definition) is 0. The second-order valence-electron chi connectivity index (χ2n) is 4.11. The lowest BCUT2D eigenvalue weighted by Gasteiger charge is -2.03. The van der Waals surface area contributed by atoms with Gasteiger partial charge in [-0.1, -0.05) is 31.2 Å². The zero-order chi connectivity index (χ0) is 12.3. The summed E-state index contributed by atoms with van der Waals surface area (Å²) in [5.41, 5.74) is 3.00. The molecule has 0 atom stereocenters. The Morgan fingerprint density at radius 2 is 1.82 bits per heavy atom. The van der Waals surface area contributed by atoms with E-state index < -0.39 is 0 Å². The number of aromatic nitrogens is 2. The zero-order valence-electron chi connectivity index (χ0n) is 10.2. The molecule has 0 radical (unpaired) electrons. The average molecular weight is 228 g/mol. The molecule has 1 aromatic heterocycles. The average Bonchev–Trinajstić information content (AvgIpc) is 2.76. The molecule has 2 aromatic rings. The van der Waals surface area contributed by atoms with Crippen molar-refractivity contribution in [1.82, 2.24) is 9.78 Å². The number of rotatable bonds is 4. The van der Waals surface area contributed by atoms with Gasteiger partial charge in [-0.2, -0.15) is 5.10 Å². The van der Waals surface area contributed by atoms with E-state index in [0.717, 1.165) is 12.0 Å². The molecule has 88 valence electrons. The fourth-order valence-electron chi connectivity index (χ4n) is 1.82. The maximum atomic E-state index is 12.0. The van der Waals surface area contributed by atoms with E-state index in [9.17, 15) is 4.79 Å². The van der Waals surface area contributed by atoms with Gasteiger partial charge in [0.05, 0.1) is 0 Å². The number of carbonyl (C=O) groups excluding carboxylic acids is 1. The Balaban J connectivity index is 2.10. The first kappa shape index (κ1) is 11.6. The van der Waals surface area contributed by atoms with E-state index in [2.05, 4.69) is 24.2 Å². The van der Waals surface area contributed by atoms with Crippen LogP contribution in [0.25, 0.3) is 0 Å². The van der Waals surface area contributed by atoms with Crippen LogP contribution in [0.3, 0.4) is 0 Å². The molecule has 0 spiro atoms. The first-order valence-electron chi connectivity index (χ1n) is 5.79. The molecule has 1 heterocycles. The number of hydrogen-bond acceptors (Lipinski definition) is 2. The highest BCUT2D eigenvalue weighted by atomic mass is 16.1. The maximum absolute atomic E-state index is 12.0. The molecule has 0 aliphatic heterocycles. The van der Waals surface area contributed by atoms with Crippen LogP contribution < -0.4 is 0 Å². The Bertz CT molecular complexity index is 511. The van der Waals surface area contributed by atoms with E-state index in [1.54, 1.807) is 24.0 Å².